The number of isocyanates is 1. The Hall–Kier alpha value is -1.56. The van der Waals surface area contributed by atoms with Crippen LogP contribution < -0.4 is 5.32 Å². The lowest BCUT2D eigenvalue weighted by atomic mass is 9.86. The average Bonchev–Trinajstić information content (AvgIpc) is 2.36. The number of hydrogen-bond donors (Lipinski definition) is 1. The van der Waals surface area contributed by atoms with Crippen LogP contribution >= 0.6 is 0 Å². The van der Waals surface area contributed by atoms with Crippen molar-refractivity contribution in [1.82, 2.24) is 5.32 Å². The summed E-state index contributed by atoms with van der Waals surface area (Å²) in [7, 11) is 0. The van der Waals surface area contributed by atoms with Crippen molar-refractivity contribution in [2.45, 2.75) is 58.2 Å². The molecule has 0 aromatic rings. The number of carbonyl (C=O) groups is 1. The predicted molar refractivity (Wildman–Crippen MR) is 75.2 cm³/mol. The van der Waals surface area contributed by atoms with Crippen LogP contribution in [0.25, 0.3) is 0 Å². The third-order valence-corrected chi connectivity index (χ3v) is 3.49. The van der Waals surface area contributed by atoms with Crippen molar-refractivity contribution in [3.05, 3.63) is 0 Å². The van der Waals surface area contributed by atoms with E-state index in [2.05, 4.69) is 15.0 Å². The summed E-state index contributed by atoms with van der Waals surface area (Å²) in [6, 6.07) is 0. The fourth-order valence-electron chi connectivity index (χ4n) is 1.66. The third kappa shape index (κ3) is 10.2. The molecule has 0 aliphatic carbocycles. The second-order valence-corrected chi connectivity index (χ2v) is 5.68. The highest BCUT2D eigenvalue weighted by atomic mass is 19.4. The first-order valence-corrected chi connectivity index (χ1v) is 7.15. The van der Waals surface area contributed by atoms with Crippen molar-refractivity contribution >= 4 is 12.2 Å². The number of aliphatic imine (C=N–C) groups is 1. The highest BCUT2D eigenvalue weighted by molar-refractivity contribution is 5.66. The van der Waals surface area contributed by atoms with E-state index in [9.17, 15) is 22.8 Å². The summed E-state index contributed by atoms with van der Waals surface area (Å²) in [5.41, 5.74) is -0.480. The Morgan fingerprint density at radius 3 is 2.50 bits per heavy atom. The van der Waals surface area contributed by atoms with Gasteiger partial charge in [-0.2, -0.15) is 18.2 Å². The molecule has 0 aromatic carbocycles. The molecule has 0 aromatic heterocycles. The van der Waals surface area contributed by atoms with Gasteiger partial charge in [0.15, 0.2) is 0 Å². The van der Waals surface area contributed by atoms with E-state index in [1.807, 2.05) is 20.8 Å². The number of hydrogen-bond acceptors (Lipinski definition) is 4. The smallest absolute Gasteiger partial charge is 0.407 e. The number of alkyl halides is 3. The monoisotopic (exact) mass is 324 g/mol. The Morgan fingerprint density at radius 2 is 1.95 bits per heavy atom. The minimum Gasteiger partial charge on any atom is -0.449 e. The fourth-order valence-corrected chi connectivity index (χ4v) is 1.66. The van der Waals surface area contributed by atoms with Crippen LogP contribution in [-0.4, -0.2) is 37.0 Å². The maximum absolute atomic E-state index is 11.8. The quantitative estimate of drug-likeness (QED) is 0.400. The summed E-state index contributed by atoms with van der Waals surface area (Å²) in [4.78, 5) is 25.2. The second kappa shape index (κ2) is 9.46. The summed E-state index contributed by atoms with van der Waals surface area (Å²) in [5, 5.41) is 2.39. The molecule has 0 fully saturated rings. The number of nitrogens with zero attached hydrogens (tertiary/aromatic N) is 1. The van der Waals surface area contributed by atoms with Gasteiger partial charge in [0.1, 0.15) is 6.61 Å². The highest BCUT2D eigenvalue weighted by Gasteiger charge is 2.27. The standard InChI is InChI=1S/C14H23F3N2O3/c1-11(13(2,3)19-10-20)6-4-5-8-18-12(21)22-9-7-14(15,16)17/h11H,4-9H2,1-3H3,(H,18,21). The van der Waals surface area contributed by atoms with Crippen molar-refractivity contribution in [2.75, 3.05) is 13.2 Å². The Kier molecular flexibility index (Phi) is 8.79. The van der Waals surface area contributed by atoms with Crippen molar-refractivity contribution in [3.8, 4) is 0 Å². The molecular formula is C14H23F3N2O3. The van der Waals surface area contributed by atoms with E-state index in [4.69, 9.17) is 0 Å². The van der Waals surface area contributed by atoms with Crippen molar-refractivity contribution < 1.29 is 27.5 Å². The largest absolute Gasteiger partial charge is 0.449 e. The van der Waals surface area contributed by atoms with Gasteiger partial charge in [0.25, 0.3) is 0 Å². The van der Waals surface area contributed by atoms with Crippen LogP contribution in [0.15, 0.2) is 4.99 Å². The molecule has 1 amide bonds. The molecule has 0 saturated heterocycles. The van der Waals surface area contributed by atoms with Crippen molar-refractivity contribution in [2.24, 2.45) is 10.9 Å². The maximum atomic E-state index is 11.8. The normalized spacial score (nSPS) is 13.2. The molecule has 22 heavy (non-hydrogen) atoms. The highest BCUT2D eigenvalue weighted by Crippen LogP contribution is 2.25. The fraction of sp³-hybridized carbons (Fsp3) is 0.857. The molecule has 5 nitrogen and oxygen atoms in total. The van der Waals surface area contributed by atoms with Crippen molar-refractivity contribution in [3.63, 3.8) is 0 Å². The molecule has 8 heteroatoms. The second-order valence-electron chi connectivity index (χ2n) is 5.68. The van der Waals surface area contributed by atoms with Gasteiger partial charge in [-0.25, -0.2) is 9.59 Å². The lowest BCUT2D eigenvalue weighted by Crippen LogP contribution is -2.28. The van der Waals surface area contributed by atoms with E-state index in [0.717, 1.165) is 12.8 Å². The van der Waals surface area contributed by atoms with Crippen LogP contribution in [0, 0.1) is 5.92 Å². The van der Waals surface area contributed by atoms with Gasteiger partial charge in [-0.1, -0.05) is 13.3 Å². The van der Waals surface area contributed by atoms with E-state index >= 15 is 0 Å². The van der Waals surface area contributed by atoms with Gasteiger partial charge < -0.3 is 10.1 Å². The van der Waals surface area contributed by atoms with E-state index in [1.54, 1.807) is 6.08 Å². The summed E-state index contributed by atoms with van der Waals surface area (Å²) < 4.78 is 39.9. The molecule has 0 radical (unpaired) electrons. The molecule has 128 valence electrons. The summed E-state index contributed by atoms with van der Waals surface area (Å²) in [6.45, 7) is 5.32. The molecule has 0 heterocycles. The van der Waals surface area contributed by atoms with Gasteiger partial charge in [-0.05, 0) is 32.6 Å². The molecule has 0 bridgehead atoms. The summed E-state index contributed by atoms with van der Waals surface area (Å²) >= 11 is 0. The van der Waals surface area contributed by atoms with Crippen LogP contribution in [0.2, 0.25) is 0 Å². The van der Waals surface area contributed by atoms with Crippen LogP contribution in [0.3, 0.4) is 0 Å². The van der Waals surface area contributed by atoms with Gasteiger partial charge in [0.05, 0.1) is 12.0 Å². The molecule has 0 aliphatic rings. The first-order chi connectivity index (χ1) is 10.1. The Balaban J connectivity index is 3.73. The zero-order valence-electron chi connectivity index (χ0n) is 13.1. The Labute approximate surface area is 128 Å². The molecule has 0 rings (SSSR count). The minimum atomic E-state index is -4.33. The topological polar surface area (TPSA) is 67.8 Å². The van der Waals surface area contributed by atoms with Gasteiger partial charge in [-0.15, -0.1) is 0 Å². The number of amides is 1. The molecular weight excluding hydrogens is 301 g/mol. The van der Waals surface area contributed by atoms with Crippen LogP contribution in [0.5, 0.6) is 0 Å². The predicted octanol–water partition coefficient (Wildman–Crippen LogP) is 3.59. The minimum absolute atomic E-state index is 0.174. The molecule has 0 saturated carbocycles. The molecule has 1 N–H and O–H groups in total. The lowest BCUT2D eigenvalue weighted by molar-refractivity contribution is -0.141. The Morgan fingerprint density at radius 1 is 1.32 bits per heavy atom. The molecule has 1 atom stereocenters. The zero-order chi connectivity index (χ0) is 17.2. The first kappa shape index (κ1) is 20.4. The number of alkyl carbamates (subject to hydrolysis) is 1. The molecule has 0 spiro atoms. The van der Waals surface area contributed by atoms with Gasteiger partial charge in [0, 0.05) is 6.54 Å². The lowest BCUT2D eigenvalue weighted by Gasteiger charge is -2.25. The number of halogens is 3. The van der Waals surface area contributed by atoms with E-state index in [1.165, 1.54) is 0 Å². The molecule has 0 aliphatic heterocycles. The summed E-state index contributed by atoms with van der Waals surface area (Å²) in [5.74, 6) is 0.174. The van der Waals surface area contributed by atoms with Gasteiger partial charge in [0.2, 0.25) is 6.08 Å². The number of ether oxygens (including phenoxy) is 1. The molecule has 1 unspecified atom stereocenters. The first-order valence-electron chi connectivity index (χ1n) is 7.15. The average molecular weight is 324 g/mol. The van der Waals surface area contributed by atoms with Gasteiger partial charge >= 0.3 is 12.3 Å². The maximum Gasteiger partial charge on any atom is 0.407 e. The number of rotatable bonds is 9. The number of nitrogens with one attached hydrogen (secondary N) is 1. The Bertz CT molecular complexity index is 391. The van der Waals surface area contributed by atoms with Gasteiger partial charge in [-0.3, -0.25) is 0 Å². The number of carbonyl (C=O) groups excluding carboxylic acids is 2. The zero-order valence-corrected chi connectivity index (χ0v) is 13.1. The summed E-state index contributed by atoms with van der Waals surface area (Å²) in [6.07, 6.45) is -2.49. The van der Waals surface area contributed by atoms with Crippen LogP contribution in [0.4, 0.5) is 18.0 Å². The third-order valence-electron chi connectivity index (χ3n) is 3.49. The van der Waals surface area contributed by atoms with Crippen LogP contribution in [-0.2, 0) is 9.53 Å². The van der Waals surface area contributed by atoms with Crippen LogP contribution in [0.1, 0.15) is 46.5 Å². The SMILES string of the molecule is CC(CCCCNC(=O)OCCC(F)(F)F)C(C)(C)N=C=O. The van der Waals surface area contributed by atoms with Crippen molar-refractivity contribution in [1.29, 1.82) is 0 Å². The van der Waals surface area contributed by atoms with E-state index in [-0.39, 0.29) is 5.92 Å². The van der Waals surface area contributed by atoms with E-state index < -0.39 is 30.8 Å². The number of unbranched alkanes of at least 4 members (excludes halogenated alkanes) is 1. The van der Waals surface area contributed by atoms with E-state index in [0.29, 0.717) is 13.0 Å².